The molecule has 0 aromatic heterocycles. The molecule has 0 aliphatic carbocycles. The summed E-state index contributed by atoms with van der Waals surface area (Å²) in [5, 5.41) is 14.8. The fourth-order valence-corrected chi connectivity index (χ4v) is 0. The lowest BCUT2D eigenvalue weighted by atomic mass is 13.1. The van der Waals surface area contributed by atoms with Crippen molar-refractivity contribution in [2.75, 3.05) is 0 Å². The Bertz CT molecular complexity index is 117. The summed E-state index contributed by atoms with van der Waals surface area (Å²) in [7, 11) is -5.39. The van der Waals surface area contributed by atoms with Crippen molar-refractivity contribution < 1.29 is 24.3 Å². The fourth-order valence-electron chi connectivity index (χ4n) is 0. The summed E-state index contributed by atoms with van der Waals surface area (Å²) in [4.78, 5) is 33.9. The summed E-state index contributed by atoms with van der Waals surface area (Å²) in [6.07, 6.45) is 0. The highest BCUT2D eigenvalue weighted by Crippen LogP contribution is 2.03. The molecule has 0 radical (unpaired) electrons. The molecule has 0 rings (SSSR count). The van der Waals surface area contributed by atoms with Gasteiger partial charge in [-0.25, -0.2) is 0 Å². The summed E-state index contributed by atoms with van der Waals surface area (Å²) in [5.74, 6) is 0. The van der Waals surface area contributed by atoms with Gasteiger partial charge in [0, 0.05) is 0 Å². The number of quaternary nitrogens is 4. The Labute approximate surface area is 73.3 Å². The van der Waals surface area contributed by atoms with E-state index in [1.54, 1.807) is 0 Å². The van der Waals surface area contributed by atoms with E-state index in [0.717, 1.165) is 0 Å². The maximum absolute atomic E-state index is 8.55. The average molecular weight is 229 g/mol. The predicted molar refractivity (Wildman–Crippen MR) is 41.9 cm³/mol. The monoisotopic (exact) mass is 229 g/mol. The molecule has 0 fully saturated rings. The van der Waals surface area contributed by atoms with Gasteiger partial charge in [0.05, 0.1) is 5.09 Å². The average Bonchev–Trinajstić information content (AvgIpc) is 1.19. The van der Waals surface area contributed by atoms with E-state index in [1.165, 1.54) is 0 Å². The highest BCUT2D eigenvalue weighted by Gasteiger charge is 1.45. The highest BCUT2D eigenvalue weighted by atomic mass is 31.2. The van der Waals surface area contributed by atoms with E-state index in [4.69, 9.17) is 34.6 Å². The molecule has 0 aromatic rings. The minimum Gasteiger partial charge on any atom is -0.822 e. The van der Waals surface area contributed by atoms with Crippen LogP contribution in [0.25, 0.3) is 0 Å². The van der Waals surface area contributed by atoms with Crippen LogP contribution in [0.4, 0.5) is 0 Å². The first kappa shape index (κ1) is 39.9. The highest BCUT2D eigenvalue weighted by molar-refractivity contribution is 7.40. The largest absolute Gasteiger partial charge is 0.822 e. The third-order valence-electron chi connectivity index (χ3n) is 0. The Morgan fingerprint density at radius 3 is 0.846 bits per heavy atom. The lowest BCUT2D eigenvalue weighted by molar-refractivity contribution is -0.432. The third kappa shape index (κ3) is 1290. The molecule has 88 valence electrons. The quantitative estimate of drug-likeness (QED) is 0.214. The van der Waals surface area contributed by atoms with Crippen molar-refractivity contribution in [3.63, 3.8) is 0 Å². The number of rotatable bonds is 0. The summed E-state index contributed by atoms with van der Waals surface area (Å²) in [6.45, 7) is 0. The van der Waals surface area contributed by atoms with E-state index < -0.39 is 12.9 Å². The normalized spacial score (nSPS) is 6.38. The van der Waals surface area contributed by atoms with Crippen LogP contribution in [0.1, 0.15) is 0 Å². The predicted octanol–water partition coefficient (Wildman–Crippen LogP) is -1.56. The molecule has 0 spiro atoms. The van der Waals surface area contributed by atoms with Crippen LogP contribution in [0.2, 0.25) is 0 Å². The second kappa shape index (κ2) is 17.3. The van der Waals surface area contributed by atoms with Gasteiger partial charge in [-0.1, -0.05) is 0 Å². The van der Waals surface area contributed by atoms with Crippen LogP contribution in [-0.4, -0.2) is 5.09 Å². The number of nitrogens with zero attached hydrogens (tertiary/aromatic N) is 1. The molecule has 0 aliphatic rings. The Balaban J connectivity index is -0.0000000146. The lowest BCUT2D eigenvalue weighted by Gasteiger charge is -2.36. The summed E-state index contributed by atoms with van der Waals surface area (Å²) < 4.78 is 8.55. The molecule has 12 nitrogen and oxygen atoms in total. The zero-order chi connectivity index (χ0) is 8.08. The first-order valence-corrected chi connectivity index (χ1v) is 2.74. The number of hydrogen-bond acceptors (Lipinski definition) is 7. The van der Waals surface area contributed by atoms with E-state index >= 15 is 0 Å². The zero-order valence-electron chi connectivity index (χ0n) is 7.75. The molecule has 0 amide bonds. The van der Waals surface area contributed by atoms with Gasteiger partial charge in [-0.15, -0.1) is 0 Å². The van der Waals surface area contributed by atoms with Gasteiger partial charge in [0.1, 0.15) is 0 Å². The smallest absolute Gasteiger partial charge is 0.0689 e. The van der Waals surface area contributed by atoms with Gasteiger partial charge in [-0.05, 0) is 0 Å². The molecule has 0 heterocycles. The third-order valence-corrected chi connectivity index (χ3v) is 0. The van der Waals surface area contributed by atoms with Crippen molar-refractivity contribution in [1.82, 2.24) is 24.6 Å². The second-order valence-corrected chi connectivity index (χ2v) is 1.57. The second-order valence-electron chi connectivity index (χ2n) is 0.671. The first-order valence-electron chi connectivity index (χ1n) is 1.28. The van der Waals surface area contributed by atoms with E-state index in [9.17, 15) is 0 Å². The Morgan fingerprint density at radius 2 is 0.846 bits per heavy atom. The van der Waals surface area contributed by atoms with Crippen LogP contribution in [0.3, 0.4) is 0 Å². The van der Waals surface area contributed by atoms with Crippen LogP contribution >= 0.6 is 7.82 Å². The van der Waals surface area contributed by atoms with Crippen LogP contribution in [-0.2, 0) is 4.57 Å². The van der Waals surface area contributed by atoms with Crippen LogP contribution in [0.5, 0.6) is 0 Å². The molecule has 0 aliphatic heterocycles. The molecule has 0 unspecified atom stereocenters. The molecule has 16 N–H and O–H groups in total. The SMILES string of the molecule is O=P([O-])([O-])[O-].O=[N+]([O-])[O-].[NH4+].[NH4+].[NH4+].[NH4+]. The zero-order valence-corrected chi connectivity index (χ0v) is 8.65. The van der Waals surface area contributed by atoms with Gasteiger partial charge in [0.2, 0.25) is 0 Å². The van der Waals surface area contributed by atoms with E-state index in [2.05, 4.69) is 0 Å². The number of hydrogen-bond donors (Lipinski definition) is 4. The molecule has 0 bridgehead atoms. The molecule has 0 atom stereocenters. The lowest BCUT2D eigenvalue weighted by Crippen LogP contribution is -2.24. The minimum atomic E-state index is -5.39. The Hall–Kier alpha value is -0.850. The van der Waals surface area contributed by atoms with Crippen molar-refractivity contribution in [3.8, 4) is 0 Å². The van der Waals surface area contributed by atoms with Crippen molar-refractivity contribution in [2.45, 2.75) is 0 Å². The van der Waals surface area contributed by atoms with Crippen LogP contribution < -0.4 is 39.3 Å². The van der Waals surface area contributed by atoms with E-state index in [-0.39, 0.29) is 24.6 Å². The standard InChI is InChI=1S/NO3.4H3N.H3O4P/c2-1(3)4;;;;;1-5(2,3)4/h;4*1H3;(H3,1,2,3,4)/q-1;;;;;/p+1. The molecular weight excluding hydrogens is 213 g/mol. The minimum absolute atomic E-state index is 0. The fraction of sp³-hybridized carbons (Fsp3) is 0. The van der Waals surface area contributed by atoms with Crippen LogP contribution in [0, 0.1) is 15.3 Å². The van der Waals surface area contributed by atoms with Crippen LogP contribution in [0.15, 0.2) is 0 Å². The van der Waals surface area contributed by atoms with Gasteiger partial charge in [-0.2, -0.15) is 7.82 Å². The van der Waals surface area contributed by atoms with Gasteiger partial charge in [-0.3, -0.25) is 0 Å². The topological polar surface area (TPSA) is 298 Å². The molecule has 13 heteroatoms. The van der Waals surface area contributed by atoms with Gasteiger partial charge >= 0.3 is 0 Å². The maximum atomic E-state index is 8.55. The Morgan fingerprint density at radius 1 is 0.846 bits per heavy atom. The van der Waals surface area contributed by atoms with Gasteiger partial charge in [0.25, 0.3) is 0 Å². The maximum Gasteiger partial charge on any atom is 0.0689 e. The number of phosphoric acid groups is 1. The summed E-state index contributed by atoms with van der Waals surface area (Å²) >= 11 is 0. The molecule has 0 saturated heterocycles. The van der Waals surface area contributed by atoms with E-state index in [0.29, 0.717) is 0 Å². The molecule has 0 aromatic carbocycles. The molecule has 0 saturated carbocycles. The van der Waals surface area contributed by atoms with Crippen molar-refractivity contribution >= 4 is 7.82 Å². The van der Waals surface area contributed by atoms with Crippen molar-refractivity contribution in [1.29, 1.82) is 0 Å². The summed E-state index contributed by atoms with van der Waals surface area (Å²) in [6, 6.07) is 0. The van der Waals surface area contributed by atoms with Gasteiger partial charge < -0.3 is 59.2 Å². The first-order chi connectivity index (χ1) is 3.73. The van der Waals surface area contributed by atoms with E-state index in [1.807, 2.05) is 0 Å². The van der Waals surface area contributed by atoms with Crippen molar-refractivity contribution in [3.05, 3.63) is 15.3 Å². The summed E-state index contributed by atoms with van der Waals surface area (Å²) in [5.41, 5.74) is 0. The van der Waals surface area contributed by atoms with Crippen molar-refractivity contribution in [2.24, 2.45) is 0 Å². The molecular formula is H16N5O7P. The van der Waals surface area contributed by atoms with Gasteiger partial charge in [0.15, 0.2) is 0 Å². The Kier molecular flexibility index (Phi) is 53.1. The molecule has 13 heavy (non-hydrogen) atoms.